The number of rotatable bonds is 3. The second kappa shape index (κ2) is 6.26. The molecule has 0 spiro atoms. The van der Waals surface area contributed by atoms with E-state index in [-0.39, 0.29) is 18.0 Å². The Morgan fingerprint density at radius 1 is 1.50 bits per heavy atom. The van der Waals surface area contributed by atoms with Crippen LogP contribution in [0.25, 0.3) is 0 Å². The van der Waals surface area contributed by atoms with E-state index >= 15 is 0 Å². The predicted octanol–water partition coefficient (Wildman–Crippen LogP) is 2.04. The lowest BCUT2D eigenvalue weighted by Gasteiger charge is -2.17. The Bertz CT molecular complexity index is 521. The maximum Gasteiger partial charge on any atom is 0.315 e. The number of hydrogen-bond donors (Lipinski definition) is 2. The third-order valence-electron chi connectivity index (χ3n) is 3.43. The number of halogens is 1. The molecule has 2 rings (SSSR count). The Morgan fingerprint density at radius 2 is 2.25 bits per heavy atom. The zero-order chi connectivity index (χ0) is 14.7. The van der Waals surface area contributed by atoms with Gasteiger partial charge in [0.1, 0.15) is 6.04 Å². The fourth-order valence-electron chi connectivity index (χ4n) is 2.21. The monoisotopic (exact) mass is 339 g/mol. The maximum atomic E-state index is 11.9. The Balaban J connectivity index is 1.90. The Labute approximate surface area is 126 Å². The molecule has 1 aromatic rings. The van der Waals surface area contributed by atoms with Crippen molar-refractivity contribution >= 4 is 27.9 Å². The number of likely N-dealkylation sites (N-methyl/N-ethyl adjacent to an activating group) is 1. The summed E-state index contributed by atoms with van der Waals surface area (Å²) in [7, 11) is 1.74. The second-order valence-electron chi connectivity index (χ2n) is 5.00. The zero-order valence-corrected chi connectivity index (χ0v) is 13.1. The van der Waals surface area contributed by atoms with Gasteiger partial charge in [0.05, 0.1) is 6.04 Å². The van der Waals surface area contributed by atoms with E-state index in [0.717, 1.165) is 10.0 Å². The minimum absolute atomic E-state index is 0.0322. The van der Waals surface area contributed by atoms with E-state index in [1.165, 1.54) is 0 Å². The van der Waals surface area contributed by atoms with Crippen LogP contribution < -0.4 is 10.6 Å². The van der Waals surface area contributed by atoms with Crippen molar-refractivity contribution in [3.8, 4) is 0 Å². The van der Waals surface area contributed by atoms with Crippen LogP contribution in [0.1, 0.15) is 24.9 Å². The summed E-state index contributed by atoms with van der Waals surface area (Å²) in [5, 5.41) is 5.57. The first-order valence-electron chi connectivity index (χ1n) is 6.55. The largest absolute Gasteiger partial charge is 0.344 e. The molecule has 0 radical (unpaired) electrons. The number of benzene rings is 1. The molecule has 1 heterocycles. The van der Waals surface area contributed by atoms with Crippen molar-refractivity contribution in [3.05, 3.63) is 34.3 Å². The van der Waals surface area contributed by atoms with E-state index in [4.69, 9.17) is 0 Å². The van der Waals surface area contributed by atoms with Gasteiger partial charge in [0.15, 0.2) is 0 Å². The number of carbonyl (C=O) groups excluding carboxylic acids is 2. The van der Waals surface area contributed by atoms with Gasteiger partial charge in [0, 0.05) is 18.1 Å². The van der Waals surface area contributed by atoms with Crippen LogP contribution in [-0.4, -0.2) is 36.5 Å². The van der Waals surface area contributed by atoms with Crippen LogP contribution in [0.3, 0.4) is 0 Å². The molecule has 1 saturated heterocycles. The number of nitrogens with zero attached hydrogens (tertiary/aromatic N) is 1. The van der Waals surface area contributed by atoms with E-state index in [2.05, 4.69) is 26.6 Å². The highest BCUT2D eigenvalue weighted by atomic mass is 79.9. The van der Waals surface area contributed by atoms with Crippen molar-refractivity contribution in [2.75, 3.05) is 13.6 Å². The molecule has 6 heteroatoms. The molecule has 1 aliphatic heterocycles. The van der Waals surface area contributed by atoms with Crippen molar-refractivity contribution < 1.29 is 9.59 Å². The van der Waals surface area contributed by atoms with Crippen molar-refractivity contribution in [2.45, 2.75) is 25.4 Å². The first-order chi connectivity index (χ1) is 9.47. The molecular formula is C14H18BrN3O2. The lowest BCUT2D eigenvalue weighted by molar-refractivity contribution is -0.128. The third kappa shape index (κ3) is 3.50. The molecule has 2 atom stereocenters. The molecule has 0 unspecified atom stereocenters. The van der Waals surface area contributed by atoms with Gasteiger partial charge in [0.25, 0.3) is 0 Å². The second-order valence-corrected chi connectivity index (χ2v) is 5.91. The first-order valence-corrected chi connectivity index (χ1v) is 7.34. The quantitative estimate of drug-likeness (QED) is 0.885. The molecular weight excluding hydrogens is 322 g/mol. The average Bonchev–Trinajstić information content (AvgIpc) is 2.70. The number of urea groups is 1. The molecule has 0 bridgehead atoms. The van der Waals surface area contributed by atoms with E-state index in [1.54, 1.807) is 11.9 Å². The van der Waals surface area contributed by atoms with Crippen molar-refractivity contribution in [1.29, 1.82) is 0 Å². The Hall–Kier alpha value is -1.56. The molecule has 108 valence electrons. The summed E-state index contributed by atoms with van der Waals surface area (Å²) in [4.78, 5) is 25.3. The van der Waals surface area contributed by atoms with E-state index in [9.17, 15) is 9.59 Å². The van der Waals surface area contributed by atoms with Crippen LogP contribution in [0.5, 0.6) is 0 Å². The highest BCUT2D eigenvalue weighted by molar-refractivity contribution is 9.10. The topological polar surface area (TPSA) is 61.4 Å². The standard InChI is InChI=1S/C14H18BrN3O2/c1-9(10-4-3-5-11(15)8-10)16-14(20)17-12-6-7-18(2)13(12)19/h3-5,8-9,12H,6-7H2,1-2H3,(H2,16,17,20)/t9-,12+/m0/s1. The highest BCUT2D eigenvalue weighted by Gasteiger charge is 2.30. The maximum absolute atomic E-state index is 11.9. The minimum atomic E-state index is -0.408. The molecule has 1 aliphatic rings. The molecule has 0 aromatic heterocycles. The molecule has 0 saturated carbocycles. The number of nitrogens with one attached hydrogen (secondary N) is 2. The number of hydrogen-bond acceptors (Lipinski definition) is 2. The molecule has 1 fully saturated rings. The summed E-state index contributed by atoms with van der Waals surface area (Å²) in [5.41, 5.74) is 1.00. The van der Waals surface area contributed by atoms with Gasteiger partial charge in [-0.3, -0.25) is 4.79 Å². The first kappa shape index (κ1) is 14.8. The lowest BCUT2D eigenvalue weighted by atomic mass is 10.1. The summed E-state index contributed by atoms with van der Waals surface area (Å²) in [6.45, 7) is 2.59. The summed E-state index contributed by atoms with van der Waals surface area (Å²) in [6.07, 6.45) is 0.661. The van der Waals surface area contributed by atoms with E-state index in [1.807, 2.05) is 31.2 Å². The van der Waals surface area contributed by atoms with Gasteiger partial charge in [-0.15, -0.1) is 0 Å². The predicted molar refractivity (Wildman–Crippen MR) is 80.3 cm³/mol. The zero-order valence-electron chi connectivity index (χ0n) is 11.5. The van der Waals surface area contributed by atoms with Gasteiger partial charge in [-0.1, -0.05) is 28.1 Å². The smallest absolute Gasteiger partial charge is 0.315 e. The van der Waals surface area contributed by atoms with Gasteiger partial charge in [0.2, 0.25) is 5.91 Å². The van der Waals surface area contributed by atoms with Crippen molar-refractivity contribution in [1.82, 2.24) is 15.5 Å². The normalized spacial score (nSPS) is 19.9. The van der Waals surface area contributed by atoms with Gasteiger partial charge < -0.3 is 15.5 Å². The van der Waals surface area contributed by atoms with Gasteiger partial charge in [-0.05, 0) is 31.0 Å². The third-order valence-corrected chi connectivity index (χ3v) is 3.92. The molecule has 1 aromatic carbocycles. The van der Waals surface area contributed by atoms with E-state index < -0.39 is 6.04 Å². The van der Waals surface area contributed by atoms with Crippen LogP contribution in [0.4, 0.5) is 4.79 Å². The van der Waals surface area contributed by atoms with Gasteiger partial charge in [-0.25, -0.2) is 4.79 Å². The number of carbonyl (C=O) groups is 2. The molecule has 3 amide bonds. The highest BCUT2D eigenvalue weighted by Crippen LogP contribution is 2.17. The number of amides is 3. The van der Waals surface area contributed by atoms with Crippen LogP contribution in [0.15, 0.2) is 28.7 Å². The van der Waals surface area contributed by atoms with Crippen LogP contribution in [0.2, 0.25) is 0 Å². The average molecular weight is 340 g/mol. The minimum Gasteiger partial charge on any atom is -0.344 e. The summed E-state index contributed by atoms with van der Waals surface area (Å²) < 4.78 is 0.969. The van der Waals surface area contributed by atoms with Gasteiger partial charge >= 0.3 is 6.03 Å². The fraction of sp³-hybridized carbons (Fsp3) is 0.429. The van der Waals surface area contributed by atoms with Crippen LogP contribution >= 0.6 is 15.9 Å². The summed E-state index contributed by atoms with van der Waals surface area (Å²) >= 11 is 3.40. The van der Waals surface area contributed by atoms with Crippen molar-refractivity contribution in [2.24, 2.45) is 0 Å². The molecule has 5 nitrogen and oxygen atoms in total. The Morgan fingerprint density at radius 3 is 2.85 bits per heavy atom. The van der Waals surface area contributed by atoms with Crippen LogP contribution in [-0.2, 0) is 4.79 Å². The molecule has 0 aliphatic carbocycles. The Kier molecular flexibility index (Phi) is 4.65. The number of likely N-dealkylation sites (tertiary alicyclic amines) is 1. The fourth-order valence-corrected chi connectivity index (χ4v) is 2.63. The summed E-state index contributed by atoms with van der Waals surface area (Å²) in [5.74, 6) is -0.0322. The van der Waals surface area contributed by atoms with Gasteiger partial charge in [-0.2, -0.15) is 0 Å². The van der Waals surface area contributed by atoms with Crippen LogP contribution in [0, 0.1) is 0 Å². The van der Waals surface area contributed by atoms with E-state index in [0.29, 0.717) is 13.0 Å². The lowest BCUT2D eigenvalue weighted by Crippen LogP contribution is -2.46. The summed E-state index contributed by atoms with van der Waals surface area (Å²) in [6, 6.07) is 6.92. The molecule has 20 heavy (non-hydrogen) atoms. The van der Waals surface area contributed by atoms with Crippen molar-refractivity contribution in [3.63, 3.8) is 0 Å². The molecule has 2 N–H and O–H groups in total. The SMILES string of the molecule is C[C@H](NC(=O)N[C@@H]1CCN(C)C1=O)c1cccc(Br)c1.